The molecule has 0 saturated heterocycles. The first-order valence-electron chi connectivity index (χ1n) is 3.83. The molecular weight excluding hydrogens is 140 g/mol. The van der Waals surface area contributed by atoms with Crippen molar-refractivity contribution in [2.75, 3.05) is 0 Å². The number of hydrogen-bond acceptors (Lipinski definition) is 2. The van der Waals surface area contributed by atoms with Gasteiger partial charge in [-0.2, -0.15) is 5.10 Å². The van der Waals surface area contributed by atoms with E-state index < -0.39 is 0 Å². The molecule has 3 nitrogen and oxygen atoms in total. The second kappa shape index (κ2) is 3.05. The van der Waals surface area contributed by atoms with E-state index in [2.05, 4.69) is 5.10 Å². The van der Waals surface area contributed by atoms with E-state index in [9.17, 15) is 5.11 Å². The van der Waals surface area contributed by atoms with Crippen LogP contribution in [0.2, 0.25) is 0 Å². The molecule has 0 aliphatic carbocycles. The van der Waals surface area contributed by atoms with E-state index in [4.69, 9.17) is 0 Å². The van der Waals surface area contributed by atoms with Gasteiger partial charge in [0.05, 0.1) is 18.0 Å². The third kappa shape index (κ3) is 1.43. The topological polar surface area (TPSA) is 38.1 Å². The van der Waals surface area contributed by atoms with Gasteiger partial charge < -0.3 is 5.11 Å². The average molecular weight is 154 g/mol. The smallest absolute Gasteiger partial charge is 0.0956 e. The second-order valence-corrected chi connectivity index (χ2v) is 2.76. The number of rotatable bonds is 2. The number of nitrogens with zero attached hydrogens (tertiary/aromatic N) is 2. The minimum atomic E-state index is -0.373. The van der Waals surface area contributed by atoms with Crippen LogP contribution in [0, 0.1) is 6.92 Å². The third-order valence-corrected chi connectivity index (χ3v) is 1.88. The fourth-order valence-corrected chi connectivity index (χ4v) is 1.23. The number of aliphatic hydroxyl groups is 1. The van der Waals surface area contributed by atoms with Crippen LogP contribution in [0.1, 0.15) is 30.7 Å². The second-order valence-electron chi connectivity index (χ2n) is 2.76. The Morgan fingerprint density at radius 2 is 2.36 bits per heavy atom. The molecule has 1 aromatic heterocycles. The van der Waals surface area contributed by atoms with Crippen LogP contribution in [-0.2, 0) is 7.05 Å². The monoisotopic (exact) mass is 154 g/mol. The molecular formula is C8H14N2O. The summed E-state index contributed by atoms with van der Waals surface area (Å²) in [6.07, 6.45) is 2.14. The highest BCUT2D eigenvalue weighted by Gasteiger charge is 2.11. The maximum atomic E-state index is 9.52. The molecule has 0 aliphatic heterocycles. The van der Waals surface area contributed by atoms with Gasteiger partial charge in [0.25, 0.3) is 0 Å². The van der Waals surface area contributed by atoms with Crippen molar-refractivity contribution < 1.29 is 5.11 Å². The van der Waals surface area contributed by atoms with E-state index >= 15 is 0 Å². The van der Waals surface area contributed by atoms with E-state index in [1.165, 1.54) is 0 Å². The molecule has 1 rings (SSSR count). The highest BCUT2D eigenvalue weighted by atomic mass is 16.3. The molecule has 0 fully saturated rings. The number of aliphatic hydroxyl groups excluding tert-OH is 1. The molecule has 3 heteroatoms. The highest BCUT2D eigenvalue weighted by molar-refractivity contribution is 5.17. The first-order chi connectivity index (χ1) is 5.16. The summed E-state index contributed by atoms with van der Waals surface area (Å²) in [5, 5.41) is 13.6. The summed E-state index contributed by atoms with van der Waals surface area (Å²) >= 11 is 0. The lowest BCUT2D eigenvalue weighted by molar-refractivity contribution is 0.163. The lowest BCUT2D eigenvalue weighted by Gasteiger charge is -2.08. The predicted molar refractivity (Wildman–Crippen MR) is 43.2 cm³/mol. The van der Waals surface area contributed by atoms with Crippen molar-refractivity contribution in [3.63, 3.8) is 0 Å². The molecule has 1 heterocycles. The summed E-state index contributed by atoms with van der Waals surface area (Å²) in [7, 11) is 1.85. The summed E-state index contributed by atoms with van der Waals surface area (Å²) in [4.78, 5) is 0. The molecule has 0 spiro atoms. The summed E-state index contributed by atoms with van der Waals surface area (Å²) in [5.41, 5.74) is 1.98. The first-order valence-corrected chi connectivity index (χ1v) is 3.83. The van der Waals surface area contributed by atoms with E-state index in [0.29, 0.717) is 0 Å². The highest BCUT2D eigenvalue weighted by Crippen LogP contribution is 2.18. The standard InChI is InChI=1S/C8H14N2O/c1-4-7(11)8-6(2)5-9-10(8)3/h5,7,11H,4H2,1-3H3. The molecule has 0 aliphatic rings. The van der Waals surface area contributed by atoms with Gasteiger partial charge in [-0.05, 0) is 18.9 Å². The molecule has 0 radical (unpaired) electrons. The van der Waals surface area contributed by atoms with Crippen LogP contribution in [0.4, 0.5) is 0 Å². The van der Waals surface area contributed by atoms with Crippen LogP contribution in [0.3, 0.4) is 0 Å². The van der Waals surface area contributed by atoms with Crippen molar-refractivity contribution in [2.45, 2.75) is 26.4 Å². The molecule has 1 aromatic rings. The zero-order chi connectivity index (χ0) is 8.43. The largest absolute Gasteiger partial charge is 0.387 e. The molecule has 1 N–H and O–H groups in total. The molecule has 1 atom stereocenters. The van der Waals surface area contributed by atoms with Gasteiger partial charge in [-0.15, -0.1) is 0 Å². The van der Waals surface area contributed by atoms with E-state index in [0.717, 1.165) is 17.7 Å². The van der Waals surface area contributed by atoms with Gasteiger partial charge >= 0.3 is 0 Å². The minimum absolute atomic E-state index is 0.373. The van der Waals surface area contributed by atoms with Gasteiger partial charge in [0, 0.05) is 7.05 Å². The van der Waals surface area contributed by atoms with Crippen molar-refractivity contribution in [3.05, 3.63) is 17.5 Å². The molecule has 1 unspecified atom stereocenters. The quantitative estimate of drug-likeness (QED) is 0.694. The Labute approximate surface area is 66.7 Å². The fourth-order valence-electron chi connectivity index (χ4n) is 1.23. The maximum Gasteiger partial charge on any atom is 0.0956 e. The van der Waals surface area contributed by atoms with E-state index in [1.807, 2.05) is 20.9 Å². The summed E-state index contributed by atoms with van der Waals surface area (Å²) in [5.74, 6) is 0. The Balaban J connectivity index is 3.00. The number of aromatic nitrogens is 2. The van der Waals surface area contributed by atoms with Crippen molar-refractivity contribution >= 4 is 0 Å². The van der Waals surface area contributed by atoms with Crippen molar-refractivity contribution in [3.8, 4) is 0 Å². The zero-order valence-electron chi connectivity index (χ0n) is 7.20. The average Bonchev–Trinajstić information content (AvgIpc) is 2.30. The van der Waals surface area contributed by atoms with Crippen molar-refractivity contribution in [2.24, 2.45) is 7.05 Å². The maximum absolute atomic E-state index is 9.52. The van der Waals surface area contributed by atoms with Gasteiger partial charge in [0.2, 0.25) is 0 Å². The summed E-state index contributed by atoms with van der Waals surface area (Å²) in [6.45, 7) is 3.92. The summed E-state index contributed by atoms with van der Waals surface area (Å²) < 4.78 is 1.73. The van der Waals surface area contributed by atoms with E-state index in [1.54, 1.807) is 10.9 Å². The molecule has 62 valence electrons. The molecule has 0 saturated carbocycles. The van der Waals surface area contributed by atoms with Crippen LogP contribution in [-0.4, -0.2) is 14.9 Å². The van der Waals surface area contributed by atoms with Gasteiger partial charge in [-0.25, -0.2) is 0 Å². The van der Waals surface area contributed by atoms with Gasteiger partial charge in [-0.1, -0.05) is 6.92 Å². The summed E-state index contributed by atoms with van der Waals surface area (Å²) in [6, 6.07) is 0. The normalized spacial score (nSPS) is 13.5. The Bertz CT molecular complexity index is 223. The minimum Gasteiger partial charge on any atom is -0.387 e. The van der Waals surface area contributed by atoms with Crippen LogP contribution in [0.25, 0.3) is 0 Å². The van der Waals surface area contributed by atoms with E-state index in [-0.39, 0.29) is 6.10 Å². The predicted octanol–water partition coefficient (Wildman–Crippen LogP) is 1.17. The SMILES string of the molecule is CCC(O)c1c(C)cnn1C. The fraction of sp³-hybridized carbons (Fsp3) is 0.625. The Morgan fingerprint density at radius 1 is 1.73 bits per heavy atom. The molecule has 0 aromatic carbocycles. The van der Waals surface area contributed by atoms with Crippen LogP contribution in [0.15, 0.2) is 6.20 Å². The van der Waals surface area contributed by atoms with Gasteiger partial charge in [0.1, 0.15) is 0 Å². The lowest BCUT2D eigenvalue weighted by Crippen LogP contribution is -2.05. The van der Waals surface area contributed by atoms with Gasteiger partial charge in [-0.3, -0.25) is 4.68 Å². The third-order valence-electron chi connectivity index (χ3n) is 1.88. The molecule has 0 bridgehead atoms. The van der Waals surface area contributed by atoms with Crippen molar-refractivity contribution in [1.29, 1.82) is 0 Å². The van der Waals surface area contributed by atoms with Gasteiger partial charge in [0.15, 0.2) is 0 Å². The first kappa shape index (κ1) is 8.27. The van der Waals surface area contributed by atoms with Crippen molar-refractivity contribution in [1.82, 2.24) is 9.78 Å². The number of aryl methyl sites for hydroxylation is 2. The molecule has 0 amide bonds. The van der Waals surface area contributed by atoms with Crippen LogP contribution < -0.4 is 0 Å². The zero-order valence-corrected chi connectivity index (χ0v) is 7.20. The number of hydrogen-bond donors (Lipinski definition) is 1. The lowest BCUT2D eigenvalue weighted by atomic mass is 10.1. The molecule has 11 heavy (non-hydrogen) atoms. The Morgan fingerprint density at radius 3 is 2.73 bits per heavy atom. The Hall–Kier alpha value is -0.830. The van der Waals surface area contributed by atoms with Crippen LogP contribution in [0.5, 0.6) is 0 Å². The van der Waals surface area contributed by atoms with Crippen LogP contribution >= 0.6 is 0 Å². The Kier molecular flexibility index (Phi) is 2.29.